The fraction of sp³-hybridized carbons (Fsp3) is 0.474. The second kappa shape index (κ2) is 5.96. The molecular weight excluding hydrogens is 304 g/mol. The molecule has 0 saturated heterocycles. The van der Waals surface area contributed by atoms with Gasteiger partial charge in [0, 0.05) is 11.6 Å². The molecule has 2 aliphatic rings. The summed E-state index contributed by atoms with van der Waals surface area (Å²) in [5.74, 6) is 2.60. The highest BCUT2D eigenvalue weighted by atomic mass is 16.3. The van der Waals surface area contributed by atoms with Crippen molar-refractivity contribution >= 4 is 5.91 Å². The average molecular weight is 326 g/mol. The van der Waals surface area contributed by atoms with Crippen LogP contribution in [0.5, 0.6) is 0 Å². The molecule has 5 heteroatoms. The van der Waals surface area contributed by atoms with E-state index in [-0.39, 0.29) is 17.0 Å². The molecule has 2 aromatic rings. The van der Waals surface area contributed by atoms with E-state index in [1.54, 1.807) is 6.07 Å². The van der Waals surface area contributed by atoms with Crippen LogP contribution in [-0.2, 0) is 19.4 Å². The van der Waals surface area contributed by atoms with Crippen LogP contribution in [0.3, 0.4) is 0 Å². The van der Waals surface area contributed by atoms with Crippen LogP contribution < -0.4 is 10.9 Å². The lowest BCUT2D eigenvalue weighted by Gasteiger charge is -2.15. The molecule has 0 bridgehead atoms. The van der Waals surface area contributed by atoms with Gasteiger partial charge in [0.05, 0.1) is 6.54 Å². The highest BCUT2D eigenvalue weighted by molar-refractivity contribution is 5.93. The highest BCUT2D eigenvalue weighted by Gasteiger charge is 2.36. The first kappa shape index (κ1) is 15.2. The lowest BCUT2D eigenvalue weighted by molar-refractivity contribution is 0.0946. The minimum Gasteiger partial charge on any atom is -0.464 e. The Kier molecular flexibility index (Phi) is 3.79. The molecule has 0 aromatic carbocycles. The van der Waals surface area contributed by atoms with Crippen LogP contribution in [-0.4, -0.2) is 10.9 Å². The van der Waals surface area contributed by atoms with Crippen molar-refractivity contribution in [1.82, 2.24) is 10.3 Å². The minimum absolute atomic E-state index is 0.193. The highest BCUT2D eigenvalue weighted by Crippen LogP contribution is 2.47. The molecule has 126 valence electrons. The van der Waals surface area contributed by atoms with Crippen LogP contribution in [0, 0.1) is 5.92 Å². The maximum atomic E-state index is 12.4. The molecule has 2 heterocycles. The first-order valence-corrected chi connectivity index (χ1v) is 8.73. The predicted molar refractivity (Wildman–Crippen MR) is 90.1 cm³/mol. The molecule has 2 N–H and O–H groups in total. The fourth-order valence-electron chi connectivity index (χ4n) is 3.51. The van der Waals surface area contributed by atoms with E-state index in [1.807, 2.05) is 12.1 Å². The summed E-state index contributed by atoms with van der Waals surface area (Å²) < 4.78 is 5.78. The van der Waals surface area contributed by atoms with E-state index in [0.29, 0.717) is 18.4 Å². The van der Waals surface area contributed by atoms with Crippen molar-refractivity contribution in [3.63, 3.8) is 0 Å². The first-order valence-electron chi connectivity index (χ1n) is 8.73. The summed E-state index contributed by atoms with van der Waals surface area (Å²) in [4.78, 5) is 27.4. The monoisotopic (exact) mass is 326 g/mol. The Labute approximate surface area is 140 Å². The van der Waals surface area contributed by atoms with E-state index in [2.05, 4.69) is 17.2 Å². The van der Waals surface area contributed by atoms with E-state index >= 15 is 0 Å². The lowest BCUT2D eigenvalue weighted by atomic mass is 9.95. The van der Waals surface area contributed by atoms with Crippen molar-refractivity contribution in [2.75, 3.05) is 0 Å². The Morgan fingerprint density at radius 1 is 1.33 bits per heavy atom. The topological polar surface area (TPSA) is 75.1 Å². The van der Waals surface area contributed by atoms with Gasteiger partial charge in [-0.25, -0.2) is 0 Å². The zero-order valence-corrected chi connectivity index (χ0v) is 13.9. The Bertz CT molecular complexity index is 833. The second-order valence-corrected chi connectivity index (χ2v) is 7.03. The van der Waals surface area contributed by atoms with E-state index in [9.17, 15) is 9.59 Å². The van der Waals surface area contributed by atoms with Crippen molar-refractivity contribution < 1.29 is 9.21 Å². The summed E-state index contributed by atoms with van der Waals surface area (Å²) in [6.45, 7) is 2.51. The van der Waals surface area contributed by atoms with Crippen molar-refractivity contribution in [2.24, 2.45) is 5.92 Å². The van der Waals surface area contributed by atoms with Gasteiger partial charge in [0.25, 0.3) is 11.5 Å². The van der Waals surface area contributed by atoms with Gasteiger partial charge in [-0.3, -0.25) is 9.59 Å². The number of carbonyl (C=O) groups is 1. The van der Waals surface area contributed by atoms with Gasteiger partial charge in [-0.2, -0.15) is 0 Å². The minimum atomic E-state index is -0.345. The quantitative estimate of drug-likeness (QED) is 0.907. The standard InChI is InChI=1S/C19H22N2O3/c1-11-8-14(11)17-7-6-13(24-17)10-20-18(22)15-9-12-4-2-3-5-16(12)21-19(15)23/h6-7,9,11,14H,2-5,8,10H2,1H3,(H,20,22)(H,21,23)/t11-,14-/m1/s1. The van der Waals surface area contributed by atoms with E-state index in [1.165, 1.54) is 6.42 Å². The smallest absolute Gasteiger partial charge is 0.261 e. The van der Waals surface area contributed by atoms with Crippen LogP contribution in [0.15, 0.2) is 27.4 Å². The molecule has 0 spiro atoms. The number of aryl methyl sites for hydroxylation is 2. The summed E-state index contributed by atoms with van der Waals surface area (Å²) in [5.41, 5.74) is 1.96. The summed E-state index contributed by atoms with van der Waals surface area (Å²) in [7, 11) is 0. The third kappa shape index (κ3) is 2.90. The van der Waals surface area contributed by atoms with Crippen molar-refractivity contribution in [3.05, 3.63) is 56.9 Å². The van der Waals surface area contributed by atoms with Gasteiger partial charge in [0.1, 0.15) is 17.1 Å². The van der Waals surface area contributed by atoms with E-state index in [0.717, 1.165) is 48.5 Å². The van der Waals surface area contributed by atoms with Crippen LogP contribution in [0.4, 0.5) is 0 Å². The van der Waals surface area contributed by atoms with Gasteiger partial charge in [-0.05, 0) is 61.8 Å². The van der Waals surface area contributed by atoms with Crippen molar-refractivity contribution in [1.29, 1.82) is 0 Å². The normalized spacial score (nSPS) is 22.0. The number of hydrogen-bond acceptors (Lipinski definition) is 3. The summed E-state index contributed by atoms with van der Waals surface area (Å²) in [6.07, 6.45) is 5.18. The van der Waals surface area contributed by atoms with Crippen LogP contribution in [0.2, 0.25) is 0 Å². The summed E-state index contributed by atoms with van der Waals surface area (Å²) in [6, 6.07) is 5.64. The molecule has 4 rings (SSSR count). The molecule has 5 nitrogen and oxygen atoms in total. The van der Waals surface area contributed by atoms with Crippen LogP contribution >= 0.6 is 0 Å². The molecule has 0 aliphatic heterocycles. The van der Waals surface area contributed by atoms with E-state index in [4.69, 9.17) is 4.42 Å². The number of aromatic amines is 1. The lowest BCUT2D eigenvalue weighted by Crippen LogP contribution is -2.30. The zero-order chi connectivity index (χ0) is 16.7. The second-order valence-electron chi connectivity index (χ2n) is 7.03. The largest absolute Gasteiger partial charge is 0.464 e. The predicted octanol–water partition coefficient (Wildman–Crippen LogP) is 2.90. The Hall–Kier alpha value is -2.30. The maximum absolute atomic E-state index is 12.4. The average Bonchev–Trinajstić information content (AvgIpc) is 3.13. The van der Waals surface area contributed by atoms with Gasteiger partial charge in [0.2, 0.25) is 0 Å². The molecule has 24 heavy (non-hydrogen) atoms. The number of H-pyrrole nitrogens is 1. The van der Waals surface area contributed by atoms with Gasteiger partial charge >= 0.3 is 0 Å². The number of aromatic nitrogens is 1. The first-order chi connectivity index (χ1) is 11.6. The number of pyridine rings is 1. The Morgan fingerprint density at radius 2 is 2.12 bits per heavy atom. The van der Waals surface area contributed by atoms with Crippen molar-refractivity contribution in [3.8, 4) is 0 Å². The van der Waals surface area contributed by atoms with Gasteiger partial charge in [0.15, 0.2) is 0 Å². The number of amides is 1. The molecule has 2 atom stereocenters. The zero-order valence-electron chi connectivity index (χ0n) is 13.9. The summed E-state index contributed by atoms with van der Waals surface area (Å²) >= 11 is 0. The van der Waals surface area contributed by atoms with Crippen LogP contribution in [0.1, 0.15) is 65.2 Å². The molecule has 1 amide bonds. The SMILES string of the molecule is C[C@@H]1C[C@H]1c1ccc(CNC(=O)c2cc3c([nH]c2=O)CCCC3)o1. The van der Waals surface area contributed by atoms with E-state index < -0.39 is 0 Å². The molecular formula is C19H22N2O3. The van der Waals surface area contributed by atoms with Crippen molar-refractivity contribution in [2.45, 2.75) is 51.5 Å². The molecule has 1 fully saturated rings. The number of nitrogens with one attached hydrogen (secondary N) is 2. The third-order valence-electron chi connectivity index (χ3n) is 5.16. The number of furan rings is 1. The maximum Gasteiger partial charge on any atom is 0.261 e. The fourth-order valence-corrected chi connectivity index (χ4v) is 3.51. The van der Waals surface area contributed by atoms with Gasteiger partial charge in [-0.15, -0.1) is 0 Å². The van der Waals surface area contributed by atoms with Gasteiger partial charge < -0.3 is 14.7 Å². The van der Waals surface area contributed by atoms with Crippen LogP contribution in [0.25, 0.3) is 0 Å². The number of hydrogen-bond donors (Lipinski definition) is 2. The molecule has 2 aliphatic carbocycles. The third-order valence-corrected chi connectivity index (χ3v) is 5.16. The van der Waals surface area contributed by atoms with Gasteiger partial charge in [-0.1, -0.05) is 6.92 Å². The number of rotatable bonds is 4. The molecule has 2 aromatic heterocycles. The Balaban J connectivity index is 1.44. The number of fused-ring (bicyclic) bond motifs is 1. The molecule has 1 saturated carbocycles. The Morgan fingerprint density at radius 3 is 2.92 bits per heavy atom. The molecule has 0 radical (unpaired) electrons. The summed E-state index contributed by atoms with van der Waals surface area (Å²) in [5, 5.41) is 2.79. The number of carbonyl (C=O) groups excluding carboxylic acids is 1. The molecule has 0 unspecified atom stereocenters.